The first-order valence-electron chi connectivity index (χ1n) is 13.7. The van der Waals surface area contributed by atoms with Gasteiger partial charge in [0.05, 0.1) is 21.5 Å². The number of nitro benzene ring substituents is 2. The van der Waals surface area contributed by atoms with Crippen LogP contribution in [-0.4, -0.2) is 9.85 Å². The van der Waals surface area contributed by atoms with E-state index in [0.29, 0.717) is 17.4 Å². The molecule has 10 N–H and O–H groups in total. The van der Waals surface area contributed by atoms with Crippen LogP contribution in [0.15, 0.2) is 97.1 Å². The SMILES string of the molecule is Cc1cc(F)ccc1N.Nc1ccc(F)c([N+](=O)[O-])c1.Nc1ccc(F)cc1.Nc1ccc(F)cc1C(F)(F)F.Nc1ccc(F)cc1[N+](=O)[O-]. The number of nitrogen functional groups attached to an aromatic ring is 5. The van der Waals surface area contributed by atoms with Crippen molar-refractivity contribution in [1.82, 2.24) is 0 Å². The molecule has 0 atom stereocenters. The Kier molecular flexibility index (Phi) is 16.1. The number of anilines is 5. The molecule has 0 saturated heterocycles. The topological polar surface area (TPSA) is 216 Å². The maximum absolute atomic E-state index is 12.5. The first-order chi connectivity index (χ1) is 23.6. The van der Waals surface area contributed by atoms with Gasteiger partial charge < -0.3 is 28.7 Å². The van der Waals surface area contributed by atoms with Crippen LogP contribution in [0.2, 0.25) is 0 Å². The average Bonchev–Trinajstić information content (AvgIpc) is 3.04. The van der Waals surface area contributed by atoms with Crippen molar-refractivity contribution in [2.24, 2.45) is 0 Å². The van der Waals surface area contributed by atoms with Crippen molar-refractivity contribution < 1.29 is 45.0 Å². The van der Waals surface area contributed by atoms with E-state index in [9.17, 15) is 55.4 Å². The molecule has 5 aromatic carbocycles. The first-order valence-corrected chi connectivity index (χ1v) is 13.7. The molecule has 0 aliphatic carbocycles. The molecule has 0 aliphatic heterocycles. The van der Waals surface area contributed by atoms with Crippen LogP contribution in [0.5, 0.6) is 0 Å². The molecule has 5 rings (SSSR count). The summed E-state index contributed by atoms with van der Waals surface area (Å²) in [5.41, 5.74) is 25.6. The highest BCUT2D eigenvalue weighted by atomic mass is 19.4. The number of alkyl halides is 3. The number of halogens is 8. The standard InChI is InChI=1S/C7H5F4N.C7H8FN.2C6H5FN2O2.C6H6FN/c8-4-1-2-6(12)5(3-4)7(9,10)11;1-5-4-6(8)2-3-7(5)9;7-5-2-1-4(8)3-6(5)9(10)11;7-4-1-2-5(8)6(3-4)9(10)11;7-5-1-3-6(8)4-2-5/h1-3H,12H2;2-4H,9H2,1H3;2*1-3H,8H2;1-4H,8H2. The van der Waals surface area contributed by atoms with E-state index in [0.717, 1.165) is 48.0 Å². The highest BCUT2D eigenvalue weighted by molar-refractivity contribution is 5.57. The van der Waals surface area contributed by atoms with E-state index in [4.69, 9.17) is 28.7 Å². The van der Waals surface area contributed by atoms with Gasteiger partial charge in [-0.25, -0.2) is 17.6 Å². The van der Waals surface area contributed by atoms with Crippen molar-refractivity contribution in [2.45, 2.75) is 13.1 Å². The second-order valence-electron chi connectivity index (χ2n) is 9.71. The Morgan fingerprint density at radius 3 is 1.33 bits per heavy atom. The van der Waals surface area contributed by atoms with Crippen LogP contribution >= 0.6 is 0 Å². The minimum Gasteiger partial charge on any atom is -0.399 e. The molecule has 0 saturated carbocycles. The van der Waals surface area contributed by atoms with Crippen LogP contribution in [0.3, 0.4) is 0 Å². The third-order valence-electron chi connectivity index (χ3n) is 5.78. The molecule has 0 aliphatic rings. The summed E-state index contributed by atoms with van der Waals surface area (Å²) in [6, 6.07) is 18.4. The molecule has 51 heavy (non-hydrogen) atoms. The van der Waals surface area contributed by atoms with E-state index in [1.165, 1.54) is 42.5 Å². The number of nitrogens with two attached hydrogens (primary N) is 5. The molecule has 11 nitrogen and oxygen atoms in total. The normalized spacial score (nSPS) is 9.98. The maximum Gasteiger partial charge on any atom is 0.418 e. The predicted molar refractivity (Wildman–Crippen MR) is 177 cm³/mol. The Labute approximate surface area is 284 Å². The van der Waals surface area contributed by atoms with Crippen LogP contribution < -0.4 is 28.7 Å². The fourth-order valence-corrected chi connectivity index (χ4v) is 3.22. The van der Waals surface area contributed by atoms with Gasteiger partial charge in [0, 0.05) is 28.8 Å². The van der Waals surface area contributed by atoms with E-state index in [1.54, 1.807) is 13.0 Å². The lowest BCUT2D eigenvalue weighted by Gasteiger charge is -2.08. The van der Waals surface area contributed by atoms with Crippen molar-refractivity contribution in [3.8, 4) is 0 Å². The number of nitrogens with zero attached hydrogens (tertiary/aromatic N) is 2. The van der Waals surface area contributed by atoms with E-state index in [1.807, 2.05) is 0 Å². The lowest BCUT2D eigenvalue weighted by atomic mass is 10.2. The largest absolute Gasteiger partial charge is 0.418 e. The molecule has 272 valence electrons. The van der Waals surface area contributed by atoms with Gasteiger partial charge in [0.2, 0.25) is 5.82 Å². The van der Waals surface area contributed by atoms with Crippen molar-refractivity contribution >= 4 is 39.8 Å². The smallest absolute Gasteiger partial charge is 0.399 e. The lowest BCUT2D eigenvalue weighted by Crippen LogP contribution is -2.09. The molecule has 0 bridgehead atoms. The summed E-state index contributed by atoms with van der Waals surface area (Å²) in [7, 11) is 0. The molecule has 19 heteroatoms. The molecule has 5 aromatic rings. The molecule has 0 heterocycles. The van der Waals surface area contributed by atoms with Gasteiger partial charge in [-0.2, -0.15) is 17.6 Å². The number of benzene rings is 5. The lowest BCUT2D eigenvalue weighted by molar-refractivity contribution is -0.387. The fourth-order valence-electron chi connectivity index (χ4n) is 3.22. The third kappa shape index (κ3) is 15.4. The van der Waals surface area contributed by atoms with Crippen molar-refractivity contribution in [3.63, 3.8) is 0 Å². The molecule has 0 fully saturated rings. The second kappa shape index (κ2) is 19.4. The number of rotatable bonds is 2. The van der Waals surface area contributed by atoms with E-state index in [2.05, 4.69) is 0 Å². The van der Waals surface area contributed by atoms with Gasteiger partial charge in [-0.3, -0.25) is 20.2 Å². The first kappa shape index (κ1) is 42.4. The van der Waals surface area contributed by atoms with Crippen LogP contribution in [0.25, 0.3) is 0 Å². The van der Waals surface area contributed by atoms with Crippen LogP contribution in [0.1, 0.15) is 11.1 Å². The predicted octanol–water partition coefficient (Wildman–Crippen LogP) is 8.18. The molecule has 0 amide bonds. The van der Waals surface area contributed by atoms with Crippen LogP contribution in [0, 0.1) is 56.2 Å². The summed E-state index contributed by atoms with van der Waals surface area (Å²) in [6.45, 7) is 1.78. The average molecular weight is 728 g/mol. The molecule has 0 radical (unpaired) electrons. The summed E-state index contributed by atoms with van der Waals surface area (Å²) in [6.07, 6.45) is -4.59. The van der Waals surface area contributed by atoms with Gasteiger partial charge in [-0.05, 0) is 97.4 Å². The van der Waals surface area contributed by atoms with Gasteiger partial charge in [0.1, 0.15) is 29.0 Å². The zero-order valence-electron chi connectivity index (χ0n) is 26.2. The van der Waals surface area contributed by atoms with E-state index < -0.39 is 56.1 Å². The monoisotopic (exact) mass is 727 g/mol. The van der Waals surface area contributed by atoms with Gasteiger partial charge in [-0.1, -0.05) is 0 Å². The summed E-state index contributed by atoms with van der Waals surface area (Å²) in [5, 5.41) is 20.2. The fraction of sp³-hybridized carbons (Fsp3) is 0.0625. The number of hydrogen-bond donors (Lipinski definition) is 5. The Hall–Kier alpha value is -6.66. The van der Waals surface area contributed by atoms with E-state index in [-0.39, 0.29) is 23.0 Å². The zero-order valence-corrected chi connectivity index (χ0v) is 26.2. The number of nitro groups is 2. The van der Waals surface area contributed by atoms with Crippen molar-refractivity contribution in [3.05, 3.63) is 158 Å². The summed E-state index contributed by atoms with van der Waals surface area (Å²) in [5.74, 6) is -2.97. The maximum atomic E-state index is 12.5. The molecular formula is C32H29F8N7O4. The van der Waals surface area contributed by atoms with Crippen LogP contribution in [0.4, 0.5) is 74.9 Å². The van der Waals surface area contributed by atoms with Gasteiger partial charge >= 0.3 is 11.9 Å². The highest BCUT2D eigenvalue weighted by Gasteiger charge is 2.33. The van der Waals surface area contributed by atoms with E-state index >= 15 is 0 Å². The summed E-state index contributed by atoms with van der Waals surface area (Å²) in [4.78, 5) is 18.7. The Morgan fingerprint density at radius 2 is 0.941 bits per heavy atom. The molecule has 0 unspecified atom stereocenters. The summed E-state index contributed by atoms with van der Waals surface area (Å²) < 4.78 is 97.5. The number of aryl methyl sites for hydroxylation is 1. The Morgan fingerprint density at radius 1 is 0.510 bits per heavy atom. The minimum absolute atomic E-state index is 0.0311. The Balaban J connectivity index is 0.000000321. The zero-order chi connectivity index (χ0) is 39.1. The Bertz CT molecular complexity index is 1850. The molecular weight excluding hydrogens is 698 g/mol. The van der Waals surface area contributed by atoms with Gasteiger partial charge in [0.15, 0.2) is 0 Å². The third-order valence-corrected chi connectivity index (χ3v) is 5.78. The highest BCUT2D eigenvalue weighted by Crippen LogP contribution is 2.33. The van der Waals surface area contributed by atoms with Gasteiger partial charge in [-0.15, -0.1) is 0 Å². The second-order valence-corrected chi connectivity index (χ2v) is 9.71. The van der Waals surface area contributed by atoms with Gasteiger partial charge in [0.25, 0.3) is 5.69 Å². The number of hydrogen-bond acceptors (Lipinski definition) is 9. The van der Waals surface area contributed by atoms with Crippen molar-refractivity contribution in [1.29, 1.82) is 0 Å². The minimum atomic E-state index is -4.59. The van der Waals surface area contributed by atoms with Crippen LogP contribution in [-0.2, 0) is 6.18 Å². The summed E-state index contributed by atoms with van der Waals surface area (Å²) >= 11 is 0. The molecule has 0 aromatic heterocycles. The quantitative estimate of drug-likeness (QED) is 0.0512. The van der Waals surface area contributed by atoms with Crippen molar-refractivity contribution in [2.75, 3.05) is 28.7 Å². The molecule has 0 spiro atoms.